The molecule has 1 aromatic heterocycles. The van der Waals surface area contributed by atoms with Gasteiger partial charge in [0.1, 0.15) is 6.61 Å². The van der Waals surface area contributed by atoms with Crippen LogP contribution in [0.5, 0.6) is 0 Å². The molecular weight excluding hydrogens is 218 g/mol. The molecule has 0 aliphatic rings. The van der Waals surface area contributed by atoms with Crippen LogP contribution in [0, 0.1) is 0 Å². The van der Waals surface area contributed by atoms with Gasteiger partial charge in [0.25, 0.3) is 0 Å². The second kappa shape index (κ2) is 5.12. The number of rotatable bonds is 3. The van der Waals surface area contributed by atoms with Crippen molar-refractivity contribution < 1.29 is 14.6 Å². The second-order valence-corrected chi connectivity index (χ2v) is 3.44. The maximum atomic E-state index is 10.1. The molecule has 1 N–H and O–H groups in total. The number of hydrogen-bond acceptors (Lipinski definition) is 3. The van der Waals surface area contributed by atoms with Gasteiger partial charge in [0.15, 0.2) is 0 Å². The van der Waals surface area contributed by atoms with Crippen molar-refractivity contribution >= 4 is 23.1 Å². The highest BCUT2D eigenvalue weighted by atomic mass is 16.7. The molecule has 0 unspecified atom stereocenters. The Morgan fingerprint density at radius 1 is 1.41 bits per heavy atom. The molecule has 0 aliphatic heterocycles. The van der Waals surface area contributed by atoms with Crippen LogP contribution in [-0.4, -0.2) is 22.9 Å². The minimum absolute atomic E-state index is 0.0438. The molecule has 0 aliphatic carbocycles. The zero-order valence-corrected chi connectivity index (χ0v) is 9.04. The fraction of sp³-hybridized carbons (Fsp3) is 0.0769. The van der Waals surface area contributed by atoms with Gasteiger partial charge in [-0.05, 0) is 23.8 Å². The SMILES string of the molecule is O=C(O)OCC=Cc1cnc2ccccc2c1. The van der Waals surface area contributed by atoms with Crippen molar-refractivity contribution in [2.45, 2.75) is 0 Å². The average Bonchev–Trinajstić information content (AvgIpc) is 2.34. The van der Waals surface area contributed by atoms with E-state index in [0.717, 1.165) is 16.5 Å². The van der Waals surface area contributed by atoms with Crippen molar-refractivity contribution in [1.29, 1.82) is 0 Å². The van der Waals surface area contributed by atoms with Gasteiger partial charge in [-0.1, -0.05) is 24.3 Å². The molecule has 0 bridgehead atoms. The maximum absolute atomic E-state index is 10.1. The van der Waals surface area contributed by atoms with Gasteiger partial charge in [0.2, 0.25) is 0 Å². The Balaban J connectivity index is 2.11. The summed E-state index contributed by atoms with van der Waals surface area (Å²) in [4.78, 5) is 14.4. The molecule has 0 spiro atoms. The summed E-state index contributed by atoms with van der Waals surface area (Å²) < 4.78 is 4.36. The van der Waals surface area contributed by atoms with Gasteiger partial charge in [0.05, 0.1) is 5.52 Å². The smallest absolute Gasteiger partial charge is 0.450 e. The summed E-state index contributed by atoms with van der Waals surface area (Å²) >= 11 is 0. The molecule has 0 fully saturated rings. The van der Waals surface area contributed by atoms with E-state index in [9.17, 15) is 4.79 Å². The molecule has 1 aromatic carbocycles. The van der Waals surface area contributed by atoms with E-state index in [1.807, 2.05) is 30.3 Å². The Bertz CT molecular complexity index is 563. The van der Waals surface area contributed by atoms with Crippen molar-refractivity contribution in [3.8, 4) is 0 Å². The first-order valence-electron chi connectivity index (χ1n) is 5.13. The van der Waals surface area contributed by atoms with Crippen molar-refractivity contribution in [2.75, 3.05) is 6.61 Å². The highest BCUT2D eigenvalue weighted by Gasteiger charge is 1.95. The Kier molecular flexibility index (Phi) is 3.35. The molecule has 0 amide bonds. The molecule has 1 heterocycles. The monoisotopic (exact) mass is 229 g/mol. The third-order valence-corrected chi connectivity index (χ3v) is 2.22. The molecule has 0 saturated heterocycles. The van der Waals surface area contributed by atoms with E-state index in [1.165, 1.54) is 0 Å². The third-order valence-electron chi connectivity index (χ3n) is 2.22. The number of fused-ring (bicyclic) bond motifs is 1. The number of aromatic nitrogens is 1. The number of ether oxygens (including phenoxy) is 1. The van der Waals surface area contributed by atoms with E-state index in [1.54, 1.807) is 18.3 Å². The summed E-state index contributed by atoms with van der Waals surface area (Å²) in [5, 5.41) is 9.33. The van der Waals surface area contributed by atoms with Gasteiger partial charge in [-0.15, -0.1) is 0 Å². The molecule has 86 valence electrons. The Labute approximate surface area is 98.2 Å². The summed E-state index contributed by atoms with van der Waals surface area (Å²) in [5.41, 5.74) is 1.85. The van der Waals surface area contributed by atoms with Crippen LogP contribution in [0.2, 0.25) is 0 Å². The predicted molar refractivity (Wildman–Crippen MR) is 64.8 cm³/mol. The number of hydrogen-bond donors (Lipinski definition) is 1. The van der Waals surface area contributed by atoms with Gasteiger partial charge in [0, 0.05) is 11.6 Å². The van der Waals surface area contributed by atoms with Crippen LogP contribution < -0.4 is 0 Å². The molecular formula is C13H11NO3. The van der Waals surface area contributed by atoms with Crippen molar-refractivity contribution in [1.82, 2.24) is 4.98 Å². The first-order chi connectivity index (χ1) is 8.25. The molecule has 4 nitrogen and oxygen atoms in total. The van der Waals surface area contributed by atoms with E-state index < -0.39 is 6.16 Å². The highest BCUT2D eigenvalue weighted by molar-refractivity contribution is 5.80. The summed E-state index contributed by atoms with van der Waals surface area (Å²) in [6.45, 7) is 0.0438. The van der Waals surface area contributed by atoms with Crippen LogP contribution in [0.15, 0.2) is 42.6 Å². The van der Waals surface area contributed by atoms with E-state index in [4.69, 9.17) is 5.11 Å². The minimum Gasteiger partial charge on any atom is -0.450 e. The van der Waals surface area contributed by atoms with Crippen LogP contribution in [0.4, 0.5) is 4.79 Å². The van der Waals surface area contributed by atoms with Crippen LogP contribution >= 0.6 is 0 Å². The van der Waals surface area contributed by atoms with E-state index in [0.29, 0.717) is 0 Å². The lowest BCUT2D eigenvalue weighted by molar-refractivity contribution is 0.102. The Morgan fingerprint density at radius 2 is 2.24 bits per heavy atom. The van der Waals surface area contributed by atoms with Crippen LogP contribution in [-0.2, 0) is 4.74 Å². The van der Waals surface area contributed by atoms with Crippen molar-refractivity contribution in [2.24, 2.45) is 0 Å². The fourth-order valence-corrected chi connectivity index (χ4v) is 1.48. The molecule has 0 radical (unpaired) electrons. The number of carbonyl (C=O) groups is 1. The quantitative estimate of drug-likeness (QED) is 0.822. The van der Waals surface area contributed by atoms with Crippen LogP contribution in [0.1, 0.15) is 5.56 Å². The lowest BCUT2D eigenvalue weighted by Gasteiger charge is -1.98. The van der Waals surface area contributed by atoms with Crippen LogP contribution in [0.3, 0.4) is 0 Å². The summed E-state index contributed by atoms with van der Waals surface area (Å²) in [6, 6.07) is 9.79. The summed E-state index contributed by atoms with van der Waals surface area (Å²) in [6.07, 6.45) is 3.88. The number of pyridine rings is 1. The predicted octanol–water partition coefficient (Wildman–Crippen LogP) is 2.94. The first kappa shape index (κ1) is 11.1. The number of benzene rings is 1. The van der Waals surface area contributed by atoms with Crippen molar-refractivity contribution in [3.05, 3.63) is 48.2 Å². The van der Waals surface area contributed by atoms with Gasteiger partial charge >= 0.3 is 6.16 Å². The molecule has 0 atom stereocenters. The van der Waals surface area contributed by atoms with Gasteiger partial charge in [-0.2, -0.15) is 0 Å². The van der Waals surface area contributed by atoms with E-state index in [-0.39, 0.29) is 6.61 Å². The second-order valence-electron chi connectivity index (χ2n) is 3.44. The Morgan fingerprint density at radius 3 is 3.06 bits per heavy atom. The molecule has 4 heteroatoms. The van der Waals surface area contributed by atoms with Gasteiger partial charge in [-0.3, -0.25) is 4.98 Å². The molecule has 0 saturated carbocycles. The van der Waals surface area contributed by atoms with Gasteiger partial charge in [-0.25, -0.2) is 4.79 Å². The zero-order chi connectivity index (χ0) is 12.1. The average molecular weight is 229 g/mol. The largest absolute Gasteiger partial charge is 0.506 e. The van der Waals surface area contributed by atoms with E-state index >= 15 is 0 Å². The maximum Gasteiger partial charge on any atom is 0.506 e. The number of para-hydroxylation sites is 1. The van der Waals surface area contributed by atoms with Crippen molar-refractivity contribution in [3.63, 3.8) is 0 Å². The number of nitrogens with zero attached hydrogens (tertiary/aromatic N) is 1. The normalized spacial score (nSPS) is 10.8. The van der Waals surface area contributed by atoms with Crippen LogP contribution in [0.25, 0.3) is 17.0 Å². The van der Waals surface area contributed by atoms with Gasteiger partial charge < -0.3 is 9.84 Å². The third kappa shape index (κ3) is 3.04. The Hall–Kier alpha value is -2.36. The fourth-order valence-electron chi connectivity index (χ4n) is 1.48. The standard InChI is InChI=1S/C13H11NO3/c15-13(16)17-7-3-4-10-8-11-5-1-2-6-12(11)14-9-10/h1-6,8-9H,7H2,(H,15,16). The molecule has 17 heavy (non-hydrogen) atoms. The lowest BCUT2D eigenvalue weighted by Crippen LogP contribution is -1.98. The minimum atomic E-state index is -1.27. The topological polar surface area (TPSA) is 59.4 Å². The molecule has 2 rings (SSSR count). The summed E-state index contributed by atoms with van der Waals surface area (Å²) in [5.74, 6) is 0. The first-order valence-corrected chi connectivity index (χ1v) is 5.13. The summed E-state index contributed by atoms with van der Waals surface area (Å²) in [7, 11) is 0. The molecule has 2 aromatic rings. The number of carboxylic acid groups (broad SMARTS) is 1. The zero-order valence-electron chi connectivity index (χ0n) is 9.04. The highest BCUT2D eigenvalue weighted by Crippen LogP contribution is 2.13. The van der Waals surface area contributed by atoms with E-state index in [2.05, 4.69) is 9.72 Å². The lowest BCUT2D eigenvalue weighted by atomic mass is 10.1.